The van der Waals surface area contributed by atoms with Crippen molar-refractivity contribution in [1.82, 2.24) is 4.90 Å². The molecule has 0 aromatic carbocycles. The van der Waals surface area contributed by atoms with Crippen LogP contribution in [0.4, 0.5) is 0 Å². The van der Waals surface area contributed by atoms with Crippen LogP contribution in [0.15, 0.2) is 0 Å². The third kappa shape index (κ3) is 4.07. The van der Waals surface area contributed by atoms with Crippen molar-refractivity contribution in [3.05, 3.63) is 0 Å². The number of nitrogens with zero attached hydrogens (tertiary/aromatic N) is 1. The maximum absolute atomic E-state index is 8.87. The van der Waals surface area contributed by atoms with Crippen LogP contribution >= 0.6 is 0 Å². The Balaban J connectivity index is 2.29. The van der Waals surface area contributed by atoms with Crippen molar-refractivity contribution in [3.63, 3.8) is 0 Å². The number of rotatable bonds is 6. The van der Waals surface area contributed by atoms with Gasteiger partial charge in [-0.1, -0.05) is 13.8 Å². The van der Waals surface area contributed by atoms with Gasteiger partial charge in [0.15, 0.2) is 0 Å². The first-order valence-electron chi connectivity index (χ1n) is 5.24. The molecule has 3 N–H and O–H groups in total. The van der Waals surface area contributed by atoms with Crippen LogP contribution in [0.1, 0.15) is 26.7 Å². The van der Waals surface area contributed by atoms with Gasteiger partial charge in [0.25, 0.3) is 0 Å². The molecule has 0 radical (unpaired) electrons. The van der Waals surface area contributed by atoms with E-state index in [4.69, 9.17) is 10.8 Å². The van der Waals surface area contributed by atoms with Gasteiger partial charge in [-0.3, -0.25) is 4.90 Å². The number of aliphatic hydroxyl groups is 1. The summed E-state index contributed by atoms with van der Waals surface area (Å²) in [4.78, 5) is 2.42. The molecule has 1 atom stereocenters. The molecular formula is C10H22N2O. The van der Waals surface area contributed by atoms with Crippen LogP contribution in [0.3, 0.4) is 0 Å². The summed E-state index contributed by atoms with van der Waals surface area (Å²) < 4.78 is 0. The third-order valence-electron chi connectivity index (χ3n) is 2.37. The standard InChI is InChI=1S/C10H22N2O/c1-8(2)5-12(10-3-4-10)6-9(11)7-13/h8-10,13H,3-7,11H2,1-2H3. The van der Waals surface area contributed by atoms with Gasteiger partial charge in [0.1, 0.15) is 0 Å². The lowest BCUT2D eigenvalue weighted by Gasteiger charge is -2.26. The first-order valence-corrected chi connectivity index (χ1v) is 5.24. The average molecular weight is 186 g/mol. The lowest BCUT2D eigenvalue weighted by Crippen LogP contribution is -2.42. The summed E-state index contributed by atoms with van der Waals surface area (Å²) in [7, 11) is 0. The monoisotopic (exact) mass is 186 g/mol. The summed E-state index contributed by atoms with van der Waals surface area (Å²) in [5.41, 5.74) is 5.72. The van der Waals surface area contributed by atoms with Crippen molar-refractivity contribution in [2.75, 3.05) is 19.7 Å². The second-order valence-electron chi connectivity index (χ2n) is 4.52. The topological polar surface area (TPSA) is 49.5 Å². The molecule has 3 nitrogen and oxygen atoms in total. The zero-order chi connectivity index (χ0) is 9.84. The molecule has 0 heterocycles. The van der Waals surface area contributed by atoms with E-state index in [-0.39, 0.29) is 12.6 Å². The minimum Gasteiger partial charge on any atom is -0.395 e. The SMILES string of the molecule is CC(C)CN(CC(N)CO)C1CC1. The molecule has 1 saturated carbocycles. The maximum Gasteiger partial charge on any atom is 0.0595 e. The van der Waals surface area contributed by atoms with E-state index >= 15 is 0 Å². The molecule has 0 aromatic rings. The zero-order valence-electron chi connectivity index (χ0n) is 8.74. The van der Waals surface area contributed by atoms with Gasteiger partial charge < -0.3 is 10.8 Å². The first-order chi connectivity index (χ1) is 6.13. The average Bonchev–Trinajstić information content (AvgIpc) is 2.84. The molecule has 1 unspecified atom stereocenters. The van der Waals surface area contributed by atoms with Gasteiger partial charge in [-0.25, -0.2) is 0 Å². The van der Waals surface area contributed by atoms with Gasteiger partial charge in [0.05, 0.1) is 6.61 Å². The highest BCUT2D eigenvalue weighted by Crippen LogP contribution is 2.27. The van der Waals surface area contributed by atoms with Crippen LogP contribution in [-0.4, -0.2) is 41.8 Å². The minimum absolute atomic E-state index is 0.0700. The molecule has 0 spiro atoms. The fraction of sp³-hybridized carbons (Fsp3) is 1.00. The Morgan fingerprint density at radius 1 is 1.38 bits per heavy atom. The Labute approximate surface area is 80.9 Å². The Morgan fingerprint density at radius 3 is 2.38 bits per heavy atom. The Morgan fingerprint density at radius 2 is 2.00 bits per heavy atom. The van der Waals surface area contributed by atoms with Crippen molar-refractivity contribution in [2.45, 2.75) is 38.8 Å². The van der Waals surface area contributed by atoms with Crippen molar-refractivity contribution in [1.29, 1.82) is 0 Å². The van der Waals surface area contributed by atoms with E-state index in [1.165, 1.54) is 12.8 Å². The van der Waals surface area contributed by atoms with Crippen LogP contribution in [0.25, 0.3) is 0 Å². The van der Waals surface area contributed by atoms with Gasteiger partial charge in [0.2, 0.25) is 0 Å². The summed E-state index contributed by atoms with van der Waals surface area (Å²) in [5, 5.41) is 8.87. The van der Waals surface area contributed by atoms with Crippen LogP contribution < -0.4 is 5.73 Å². The third-order valence-corrected chi connectivity index (χ3v) is 2.37. The van der Waals surface area contributed by atoms with Crippen molar-refractivity contribution in [2.24, 2.45) is 11.7 Å². The van der Waals surface area contributed by atoms with E-state index in [9.17, 15) is 0 Å². The lowest BCUT2D eigenvalue weighted by molar-refractivity contribution is 0.182. The quantitative estimate of drug-likeness (QED) is 0.632. The highest BCUT2D eigenvalue weighted by molar-refractivity contribution is 4.86. The predicted molar refractivity (Wildman–Crippen MR) is 54.5 cm³/mol. The molecule has 0 aliphatic heterocycles. The predicted octanol–water partition coefficient (Wildman–Crippen LogP) is 0.426. The smallest absolute Gasteiger partial charge is 0.0595 e. The first kappa shape index (κ1) is 11.0. The fourth-order valence-electron chi connectivity index (χ4n) is 1.64. The highest BCUT2D eigenvalue weighted by Gasteiger charge is 2.29. The largest absolute Gasteiger partial charge is 0.395 e. The second kappa shape index (κ2) is 4.94. The van der Waals surface area contributed by atoms with Gasteiger partial charge in [-0.2, -0.15) is 0 Å². The molecule has 13 heavy (non-hydrogen) atoms. The molecule has 1 aliphatic carbocycles. The zero-order valence-corrected chi connectivity index (χ0v) is 8.74. The van der Waals surface area contributed by atoms with Crippen LogP contribution in [-0.2, 0) is 0 Å². The lowest BCUT2D eigenvalue weighted by atomic mass is 10.2. The fourth-order valence-corrected chi connectivity index (χ4v) is 1.64. The molecule has 0 saturated heterocycles. The number of aliphatic hydroxyl groups excluding tert-OH is 1. The molecule has 0 aromatic heterocycles. The summed E-state index contributed by atoms with van der Waals surface area (Å²) in [5.74, 6) is 0.687. The Kier molecular flexibility index (Phi) is 4.16. The van der Waals surface area contributed by atoms with E-state index < -0.39 is 0 Å². The second-order valence-corrected chi connectivity index (χ2v) is 4.52. The summed E-state index contributed by atoms with van der Waals surface area (Å²) in [6.45, 7) is 6.50. The molecule has 78 valence electrons. The Hall–Kier alpha value is -0.120. The molecule has 0 bridgehead atoms. The van der Waals surface area contributed by atoms with Crippen LogP contribution in [0.2, 0.25) is 0 Å². The molecule has 1 rings (SSSR count). The van der Waals surface area contributed by atoms with Crippen molar-refractivity contribution in [3.8, 4) is 0 Å². The molecule has 1 fully saturated rings. The van der Waals surface area contributed by atoms with Gasteiger partial charge >= 0.3 is 0 Å². The van der Waals surface area contributed by atoms with E-state index in [1.807, 2.05) is 0 Å². The van der Waals surface area contributed by atoms with Gasteiger partial charge in [0, 0.05) is 25.2 Å². The summed E-state index contributed by atoms with van der Waals surface area (Å²) >= 11 is 0. The van der Waals surface area contributed by atoms with Gasteiger partial charge in [-0.05, 0) is 18.8 Å². The number of hydrogen-bond donors (Lipinski definition) is 2. The van der Waals surface area contributed by atoms with Crippen LogP contribution in [0, 0.1) is 5.92 Å². The van der Waals surface area contributed by atoms with Gasteiger partial charge in [-0.15, -0.1) is 0 Å². The highest BCUT2D eigenvalue weighted by atomic mass is 16.3. The van der Waals surface area contributed by atoms with E-state index in [0.29, 0.717) is 5.92 Å². The van der Waals surface area contributed by atoms with E-state index in [2.05, 4.69) is 18.7 Å². The molecular weight excluding hydrogens is 164 g/mol. The number of hydrogen-bond acceptors (Lipinski definition) is 3. The molecule has 0 amide bonds. The minimum atomic E-state index is -0.0700. The van der Waals surface area contributed by atoms with Crippen LogP contribution in [0.5, 0.6) is 0 Å². The van der Waals surface area contributed by atoms with E-state index in [1.54, 1.807) is 0 Å². The van der Waals surface area contributed by atoms with E-state index in [0.717, 1.165) is 19.1 Å². The maximum atomic E-state index is 8.87. The van der Waals surface area contributed by atoms with Crippen molar-refractivity contribution >= 4 is 0 Å². The van der Waals surface area contributed by atoms with Crippen molar-refractivity contribution < 1.29 is 5.11 Å². The summed E-state index contributed by atoms with van der Waals surface area (Å²) in [6.07, 6.45) is 2.62. The molecule has 3 heteroatoms. The number of nitrogens with two attached hydrogens (primary N) is 1. The molecule has 1 aliphatic rings. The Bertz CT molecular complexity index is 146. The normalized spacial score (nSPS) is 19.8. The summed E-state index contributed by atoms with van der Waals surface area (Å²) in [6, 6.07) is 0.680.